The first-order valence-electron chi connectivity index (χ1n) is 20.2. The van der Waals surface area contributed by atoms with Crippen LogP contribution in [0.5, 0.6) is 0 Å². The molecule has 3 unspecified atom stereocenters. The summed E-state index contributed by atoms with van der Waals surface area (Å²) in [6.07, 6.45) is 18.2. The molecule has 0 amide bonds. The highest BCUT2D eigenvalue weighted by molar-refractivity contribution is 5.70. The number of unbranched alkanes of at least 4 members (excludes halogenated alkanes) is 5. The van der Waals surface area contributed by atoms with Gasteiger partial charge < -0.3 is 28.6 Å². The molecule has 2 aliphatic carbocycles. The van der Waals surface area contributed by atoms with Gasteiger partial charge in [0.15, 0.2) is 0 Å². The van der Waals surface area contributed by atoms with E-state index in [0.717, 1.165) is 51.2 Å². The lowest BCUT2D eigenvalue weighted by atomic mass is 9.58. The maximum atomic E-state index is 13.0. The molecule has 0 heterocycles. The Balaban J connectivity index is 1.72. The number of fused-ring (bicyclic) bond motifs is 2. The van der Waals surface area contributed by atoms with Crippen molar-refractivity contribution >= 4 is 24.1 Å². The number of carbonyl (C=O) groups is 4. The molecule has 10 nitrogen and oxygen atoms in total. The Labute approximate surface area is 309 Å². The molecule has 0 radical (unpaired) electrons. The first-order chi connectivity index (χ1) is 24.6. The second kappa shape index (κ2) is 26.2. The van der Waals surface area contributed by atoms with Crippen LogP contribution < -0.4 is 0 Å². The number of carbonyl (C=O) groups excluding carboxylic acids is 4. The van der Waals surface area contributed by atoms with Gasteiger partial charge in [0.2, 0.25) is 0 Å². The third-order valence-corrected chi connectivity index (χ3v) is 10.4. The van der Waals surface area contributed by atoms with Gasteiger partial charge in [-0.3, -0.25) is 14.4 Å². The van der Waals surface area contributed by atoms with E-state index in [1.807, 2.05) is 0 Å². The lowest BCUT2D eigenvalue weighted by Crippen LogP contribution is -2.38. The minimum atomic E-state index is -0.787. The Kier molecular flexibility index (Phi) is 22.9. The van der Waals surface area contributed by atoms with Crippen molar-refractivity contribution in [1.82, 2.24) is 4.90 Å². The van der Waals surface area contributed by atoms with Crippen LogP contribution in [-0.4, -0.2) is 81.6 Å². The SMILES string of the molecule is CCCCC/C=C\CCOC(=O)CCCCCC(=O)OCC(COC(=O)CC1(C)CC2CC(C)CC(C2)C1)COC(=O)OCCCN(CC)CC. The summed E-state index contributed by atoms with van der Waals surface area (Å²) in [6, 6.07) is 0. The van der Waals surface area contributed by atoms with E-state index in [-0.39, 0.29) is 56.2 Å². The molecule has 2 bridgehead atoms. The molecule has 294 valence electrons. The normalized spacial score (nSPS) is 22.0. The standard InChI is InChI=1S/C41H71NO9/c1-6-9-10-11-12-13-17-22-47-37(43)19-15-14-16-20-38(44)49-30-36(32-51-40(46)48-23-18-21-42(7-2)8-3)31-50-39(45)29-41(5)27-34-24-33(4)25-35(26-34)28-41/h12-13,33-36H,6-11,14-32H2,1-5H3/b13-12-. The van der Waals surface area contributed by atoms with Crippen LogP contribution in [0.15, 0.2) is 12.2 Å². The molecule has 0 aromatic carbocycles. The molecule has 0 aromatic rings. The first kappa shape index (κ1) is 44.5. The summed E-state index contributed by atoms with van der Waals surface area (Å²) in [4.78, 5) is 52.1. The number of esters is 3. The van der Waals surface area contributed by atoms with Gasteiger partial charge in [0.1, 0.15) is 19.8 Å². The van der Waals surface area contributed by atoms with Gasteiger partial charge in [-0.2, -0.15) is 0 Å². The van der Waals surface area contributed by atoms with E-state index < -0.39 is 12.1 Å². The lowest BCUT2D eigenvalue weighted by Gasteiger charge is -2.47. The van der Waals surface area contributed by atoms with Crippen molar-refractivity contribution in [1.29, 1.82) is 0 Å². The molecular weight excluding hydrogens is 650 g/mol. The van der Waals surface area contributed by atoms with Gasteiger partial charge in [-0.25, -0.2) is 4.79 Å². The zero-order valence-electron chi connectivity index (χ0n) is 32.8. The molecule has 2 aliphatic rings. The average molecular weight is 722 g/mol. The minimum absolute atomic E-state index is 0.0158. The van der Waals surface area contributed by atoms with Crippen LogP contribution in [0.3, 0.4) is 0 Å². The molecule has 0 aliphatic heterocycles. The summed E-state index contributed by atoms with van der Waals surface area (Å²) in [5, 5.41) is 0. The van der Waals surface area contributed by atoms with Crippen molar-refractivity contribution < 1.29 is 42.9 Å². The smallest absolute Gasteiger partial charge is 0.465 e. The van der Waals surface area contributed by atoms with E-state index in [4.69, 9.17) is 23.7 Å². The molecule has 2 rings (SSSR count). The van der Waals surface area contributed by atoms with E-state index in [1.54, 1.807) is 0 Å². The highest BCUT2D eigenvalue weighted by Gasteiger charge is 2.42. The summed E-state index contributed by atoms with van der Waals surface area (Å²) in [5.74, 6) is 0.736. The number of rotatable bonds is 27. The van der Waals surface area contributed by atoms with Crippen molar-refractivity contribution in [3.05, 3.63) is 12.2 Å². The fourth-order valence-electron chi connectivity index (χ4n) is 7.88. The van der Waals surface area contributed by atoms with E-state index in [0.29, 0.717) is 57.0 Å². The van der Waals surface area contributed by atoms with Gasteiger partial charge in [0.05, 0.1) is 25.6 Å². The van der Waals surface area contributed by atoms with Gasteiger partial charge in [0, 0.05) is 19.4 Å². The number of hydrogen-bond donors (Lipinski definition) is 0. The molecule has 2 fully saturated rings. The molecule has 3 atom stereocenters. The molecule has 2 saturated carbocycles. The van der Waals surface area contributed by atoms with Crippen LogP contribution in [0.25, 0.3) is 0 Å². The predicted molar refractivity (Wildman–Crippen MR) is 199 cm³/mol. The zero-order chi connectivity index (χ0) is 37.3. The van der Waals surface area contributed by atoms with Gasteiger partial charge in [-0.15, -0.1) is 0 Å². The maximum Gasteiger partial charge on any atom is 0.508 e. The fraction of sp³-hybridized carbons (Fsp3) is 0.854. The Morgan fingerprint density at radius 1 is 0.686 bits per heavy atom. The van der Waals surface area contributed by atoms with Gasteiger partial charge in [0.25, 0.3) is 0 Å². The minimum Gasteiger partial charge on any atom is -0.465 e. The fourth-order valence-corrected chi connectivity index (χ4v) is 7.88. The van der Waals surface area contributed by atoms with E-state index >= 15 is 0 Å². The Morgan fingerprint density at radius 2 is 1.29 bits per heavy atom. The van der Waals surface area contributed by atoms with Crippen LogP contribution >= 0.6 is 0 Å². The monoisotopic (exact) mass is 722 g/mol. The number of ether oxygens (including phenoxy) is 5. The summed E-state index contributed by atoms with van der Waals surface area (Å²) in [6.45, 7) is 14.1. The predicted octanol–water partition coefficient (Wildman–Crippen LogP) is 8.84. The Bertz CT molecular complexity index is 1010. The van der Waals surface area contributed by atoms with Crippen LogP contribution in [0.2, 0.25) is 0 Å². The molecule has 10 heteroatoms. The summed E-state index contributed by atoms with van der Waals surface area (Å²) in [5.41, 5.74) is -0.0696. The third-order valence-electron chi connectivity index (χ3n) is 10.4. The molecule has 0 saturated heterocycles. The van der Waals surface area contributed by atoms with Crippen LogP contribution in [0.4, 0.5) is 4.79 Å². The Morgan fingerprint density at radius 3 is 1.94 bits per heavy atom. The largest absolute Gasteiger partial charge is 0.508 e. The van der Waals surface area contributed by atoms with Crippen molar-refractivity contribution in [3.63, 3.8) is 0 Å². The van der Waals surface area contributed by atoms with Crippen molar-refractivity contribution in [3.8, 4) is 0 Å². The van der Waals surface area contributed by atoms with Crippen LogP contribution in [0, 0.1) is 29.1 Å². The van der Waals surface area contributed by atoms with E-state index in [1.165, 1.54) is 38.5 Å². The molecule has 0 aromatic heterocycles. The van der Waals surface area contributed by atoms with E-state index in [2.05, 4.69) is 51.7 Å². The Hall–Kier alpha value is -2.62. The summed E-state index contributed by atoms with van der Waals surface area (Å²) in [7, 11) is 0. The highest BCUT2D eigenvalue weighted by atomic mass is 16.7. The summed E-state index contributed by atoms with van der Waals surface area (Å²) < 4.78 is 27.1. The zero-order valence-corrected chi connectivity index (χ0v) is 32.8. The van der Waals surface area contributed by atoms with Crippen molar-refractivity contribution in [2.24, 2.45) is 29.1 Å². The van der Waals surface area contributed by atoms with Crippen molar-refractivity contribution in [2.45, 2.75) is 144 Å². The summed E-state index contributed by atoms with van der Waals surface area (Å²) >= 11 is 0. The van der Waals surface area contributed by atoms with Gasteiger partial charge in [-0.05, 0) is 107 Å². The third kappa shape index (κ3) is 20.9. The molecular formula is C41H71NO9. The number of nitrogens with zero attached hydrogens (tertiary/aromatic N) is 1. The second-order valence-corrected chi connectivity index (χ2v) is 15.5. The quantitative estimate of drug-likeness (QED) is 0.0352. The highest BCUT2D eigenvalue weighted by Crippen LogP contribution is 2.51. The van der Waals surface area contributed by atoms with Crippen LogP contribution in [0.1, 0.15) is 144 Å². The molecule has 0 N–H and O–H groups in total. The average Bonchev–Trinajstić information content (AvgIpc) is 3.08. The maximum absolute atomic E-state index is 13.0. The lowest BCUT2D eigenvalue weighted by molar-refractivity contribution is -0.152. The van der Waals surface area contributed by atoms with Gasteiger partial charge >= 0.3 is 24.1 Å². The van der Waals surface area contributed by atoms with Crippen molar-refractivity contribution in [2.75, 3.05) is 52.7 Å². The number of allylic oxidation sites excluding steroid dienone is 1. The van der Waals surface area contributed by atoms with Gasteiger partial charge in [-0.1, -0.05) is 66.0 Å². The topological polar surface area (TPSA) is 118 Å². The second-order valence-electron chi connectivity index (χ2n) is 15.5. The first-order valence-corrected chi connectivity index (χ1v) is 20.2. The number of hydrogen-bond acceptors (Lipinski definition) is 10. The molecule has 0 spiro atoms. The van der Waals surface area contributed by atoms with Crippen LogP contribution in [-0.2, 0) is 38.1 Å². The molecule has 51 heavy (non-hydrogen) atoms. The van der Waals surface area contributed by atoms with E-state index in [9.17, 15) is 19.2 Å².